The monoisotopic (exact) mass is 396 g/mol. The van der Waals surface area contributed by atoms with E-state index < -0.39 is 30.4 Å². The predicted molar refractivity (Wildman–Crippen MR) is 69.8 cm³/mol. The van der Waals surface area contributed by atoms with Crippen LogP contribution in [0.5, 0.6) is 0 Å². The molecule has 0 saturated carbocycles. The van der Waals surface area contributed by atoms with Crippen LogP contribution in [0, 0.1) is 0 Å². The number of hydrogen-bond donors (Lipinski definition) is 4. The number of aliphatic hydroxyl groups is 1. The van der Waals surface area contributed by atoms with Crippen LogP contribution in [-0.4, -0.2) is 68.9 Å². The third-order valence-corrected chi connectivity index (χ3v) is 0. The molecule has 0 unspecified atom stereocenters. The van der Waals surface area contributed by atoms with Crippen molar-refractivity contribution in [3.63, 3.8) is 0 Å². The van der Waals surface area contributed by atoms with Gasteiger partial charge in [-0.2, -0.15) is 25.3 Å². The second-order valence-electron chi connectivity index (χ2n) is 3.29. The van der Waals surface area contributed by atoms with Crippen LogP contribution in [0.4, 0.5) is 0 Å². The van der Waals surface area contributed by atoms with Crippen molar-refractivity contribution >= 4 is 30.4 Å². The van der Waals surface area contributed by atoms with E-state index in [1.165, 1.54) is 0 Å². The zero-order valence-corrected chi connectivity index (χ0v) is 15.6. The van der Waals surface area contributed by atoms with Crippen LogP contribution in [0.25, 0.3) is 0 Å². The molecule has 0 spiro atoms. The number of hydrogen-bond acceptors (Lipinski definition) is 7. The van der Waals surface area contributed by atoms with E-state index in [-0.39, 0.29) is 27.8 Å². The molecule has 14 heteroatoms. The van der Waals surface area contributed by atoms with Crippen molar-refractivity contribution in [1.82, 2.24) is 0 Å². The smallest absolute Gasteiger partial charge is 0.261 e. The maximum absolute atomic E-state index is 9.19. The van der Waals surface area contributed by atoms with Crippen LogP contribution in [0.3, 0.4) is 0 Å². The van der Waals surface area contributed by atoms with Crippen molar-refractivity contribution in [3.05, 3.63) is 0 Å². The zero-order valence-electron chi connectivity index (χ0n) is 11.5. The van der Waals surface area contributed by atoms with E-state index in [2.05, 4.69) is 0 Å². The summed E-state index contributed by atoms with van der Waals surface area (Å²) in [4.78, 5) is 0. The second kappa shape index (κ2) is 14.3. The SMILES string of the molecule is CC(C)O.CS(=O)(=O)O.CS(=O)(=O)O.CS(=O)(=O)O.[Ti]. The molecule has 0 radical (unpaired) electrons. The molecule has 0 rings (SSSR count). The molecule has 0 fully saturated rings. The molecule has 4 N–H and O–H groups in total. The minimum Gasteiger partial charge on any atom is -0.394 e. The van der Waals surface area contributed by atoms with Crippen LogP contribution in [0.2, 0.25) is 0 Å². The summed E-state index contributed by atoms with van der Waals surface area (Å²) in [5.74, 6) is 0. The average Bonchev–Trinajstić information content (AvgIpc) is 1.66. The Morgan fingerprint density at radius 2 is 0.650 bits per heavy atom. The summed E-state index contributed by atoms with van der Waals surface area (Å²) in [5, 5.41) is 8.06. The fourth-order valence-corrected chi connectivity index (χ4v) is 0. The second-order valence-corrected chi connectivity index (χ2v) is 7.69. The van der Waals surface area contributed by atoms with E-state index >= 15 is 0 Å². The predicted octanol–water partition coefficient (Wildman–Crippen LogP) is -1.10. The molecule has 126 valence electrons. The van der Waals surface area contributed by atoms with Crippen molar-refractivity contribution in [1.29, 1.82) is 0 Å². The Hall–Kier alpha value is 0.404. The standard InChI is InChI=1S/C3H8O.3CH4O3S.Ti/c1-3(2)4;3*1-5(2,3)4;/h3-4H,1-2H3;3*1H3,(H,2,3,4);. The van der Waals surface area contributed by atoms with Gasteiger partial charge in [0.1, 0.15) is 0 Å². The van der Waals surface area contributed by atoms with Gasteiger partial charge in [0.15, 0.2) is 0 Å². The van der Waals surface area contributed by atoms with Crippen molar-refractivity contribution < 1.29 is 65.7 Å². The maximum Gasteiger partial charge on any atom is 0.261 e. The molecule has 0 aliphatic heterocycles. The molecular weight excluding hydrogens is 376 g/mol. The van der Waals surface area contributed by atoms with E-state index in [0.29, 0.717) is 18.8 Å². The number of rotatable bonds is 0. The van der Waals surface area contributed by atoms with Gasteiger partial charge in [-0.3, -0.25) is 13.7 Å². The molecule has 0 aliphatic rings. The molecule has 0 saturated heterocycles. The fourth-order valence-electron chi connectivity index (χ4n) is 0. The summed E-state index contributed by atoms with van der Waals surface area (Å²) < 4.78 is 77.6. The summed E-state index contributed by atoms with van der Waals surface area (Å²) in [6.45, 7) is 3.44. The fraction of sp³-hybridized carbons (Fsp3) is 1.00. The van der Waals surface area contributed by atoms with Crippen LogP contribution in [-0.2, 0) is 52.1 Å². The van der Waals surface area contributed by atoms with Gasteiger partial charge >= 0.3 is 0 Å². The Morgan fingerprint density at radius 1 is 0.650 bits per heavy atom. The molecule has 0 aromatic carbocycles. The van der Waals surface area contributed by atoms with Gasteiger partial charge in [-0.25, -0.2) is 0 Å². The van der Waals surface area contributed by atoms with Crippen molar-refractivity contribution in [2.45, 2.75) is 20.0 Å². The summed E-state index contributed by atoms with van der Waals surface area (Å²) in [6.07, 6.45) is 1.98. The number of aliphatic hydroxyl groups excluding tert-OH is 1. The molecule has 0 heterocycles. The summed E-state index contributed by atoms with van der Waals surface area (Å²) >= 11 is 0. The Kier molecular flexibility index (Phi) is 23.2. The molecule has 0 amide bonds. The Balaban J connectivity index is -0.0000000494. The quantitative estimate of drug-likeness (QED) is 0.289. The van der Waals surface area contributed by atoms with Gasteiger partial charge in [-0.1, -0.05) is 0 Å². The van der Waals surface area contributed by atoms with Crippen LogP contribution < -0.4 is 0 Å². The molecule has 0 aromatic rings. The van der Waals surface area contributed by atoms with E-state index in [1.54, 1.807) is 13.8 Å². The van der Waals surface area contributed by atoms with Crippen molar-refractivity contribution in [2.24, 2.45) is 0 Å². The molecular formula is C6H20O10S3Ti. The first-order chi connectivity index (χ1) is 7.73. The molecule has 0 bridgehead atoms. The van der Waals surface area contributed by atoms with Crippen molar-refractivity contribution in [3.8, 4) is 0 Å². The first-order valence-electron chi connectivity index (χ1n) is 4.19. The van der Waals surface area contributed by atoms with Gasteiger partial charge in [-0.15, -0.1) is 0 Å². The van der Waals surface area contributed by atoms with E-state index in [0.717, 1.165) is 0 Å². The van der Waals surface area contributed by atoms with Gasteiger partial charge in [-0.05, 0) is 13.8 Å². The first-order valence-corrected chi connectivity index (χ1v) is 9.73. The van der Waals surface area contributed by atoms with Gasteiger partial charge in [0.05, 0.1) is 18.8 Å². The Labute approximate surface area is 134 Å². The molecule has 0 aromatic heterocycles. The van der Waals surface area contributed by atoms with Gasteiger partial charge in [0, 0.05) is 27.8 Å². The normalized spacial score (nSPS) is 10.5. The van der Waals surface area contributed by atoms with Gasteiger partial charge in [0.2, 0.25) is 0 Å². The maximum atomic E-state index is 9.19. The van der Waals surface area contributed by atoms with E-state index in [1.807, 2.05) is 0 Å². The summed E-state index contributed by atoms with van der Waals surface area (Å²) in [7, 11) is -11.0. The third kappa shape index (κ3) is 34100. The minimum atomic E-state index is -3.67. The van der Waals surface area contributed by atoms with Crippen LogP contribution in [0.1, 0.15) is 13.8 Å². The summed E-state index contributed by atoms with van der Waals surface area (Å²) in [5.41, 5.74) is 0. The van der Waals surface area contributed by atoms with E-state index in [9.17, 15) is 25.3 Å². The largest absolute Gasteiger partial charge is 0.394 e. The zero-order chi connectivity index (χ0) is 17.1. The van der Waals surface area contributed by atoms with Gasteiger partial charge < -0.3 is 5.11 Å². The van der Waals surface area contributed by atoms with Crippen LogP contribution >= 0.6 is 0 Å². The third-order valence-electron chi connectivity index (χ3n) is 0. The Bertz CT molecular complexity index is 391. The first kappa shape index (κ1) is 32.4. The molecule has 10 nitrogen and oxygen atoms in total. The van der Waals surface area contributed by atoms with Gasteiger partial charge in [0.25, 0.3) is 30.4 Å². The molecule has 20 heavy (non-hydrogen) atoms. The minimum absolute atomic E-state index is 0. The van der Waals surface area contributed by atoms with Crippen LogP contribution in [0.15, 0.2) is 0 Å². The topological polar surface area (TPSA) is 183 Å². The van der Waals surface area contributed by atoms with Crippen molar-refractivity contribution in [2.75, 3.05) is 18.8 Å². The Morgan fingerprint density at radius 3 is 0.650 bits per heavy atom. The van der Waals surface area contributed by atoms with E-state index in [4.69, 9.17) is 18.8 Å². The summed E-state index contributed by atoms with van der Waals surface area (Å²) in [6, 6.07) is 0. The average molecular weight is 396 g/mol. The molecule has 0 aliphatic carbocycles. The molecule has 0 atom stereocenters.